The second-order valence-corrected chi connectivity index (χ2v) is 4.23. The molecular weight excluding hydrogens is 240 g/mol. The van der Waals surface area contributed by atoms with E-state index in [1.807, 2.05) is 19.1 Å². The minimum Gasteiger partial charge on any atom is -0.485 e. The fourth-order valence-corrected chi connectivity index (χ4v) is 1.68. The largest absolute Gasteiger partial charge is 0.485 e. The highest BCUT2D eigenvalue weighted by molar-refractivity contribution is 5.97. The molecule has 2 aromatic rings. The van der Waals surface area contributed by atoms with E-state index in [9.17, 15) is 9.59 Å². The van der Waals surface area contributed by atoms with E-state index < -0.39 is 0 Å². The summed E-state index contributed by atoms with van der Waals surface area (Å²) < 4.78 is 5.39. The highest BCUT2D eigenvalue weighted by Gasteiger charge is 2.08. The SMILES string of the molecule is Cc1ccc(C(=O)COc2ccccc2C=O)cc1. The van der Waals surface area contributed by atoms with E-state index in [0.29, 0.717) is 23.2 Å². The molecule has 0 heterocycles. The minimum absolute atomic E-state index is 0.0755. The van der Waals surface area contributed by atoms with E-state index in [1.165, 1.54) is 0 Å². The Morgan fingerprint density at radius 2 is 1.79 bits per heavy atom. The Kier molecular flexibility index (Phi) is 4.08. The van der Waals surface area contributed by atoms with Crippen molar-refractivity contribution in [2.45, 2.75) is 6.92 Å². The molecule has 0 aliphatic rings. The summed E-state index contributed by atoms with van der Waals surface area (Å²) in [5.74, 6) is 0.318. The van der Waals surface area contributed by atoms with Gasteiger partial charge in [0.25, 0.3) is 0 Å². The zero-order valence-electron chi connectivity index (χ0n) is 10.6. The first kappa shape index (κ1) is 13.0. The van der Waals surface area contributed by atoms with Crippen molar-refractivity contribution in [3.05, 3.63) is 65.2 Å². The van der Waals surface area contributed by atoms with E-state index in [0.717, 1.165) is 5.56 Å². The van der Waals surface area contributed by atoms with Crippen LogP contribution in [0.2, 0.25) is 0 Å². The average Bonchev–Trinajstić information content (AvgIpc) is 2.45. The van der Waals surface area contributed by atoms with Gasteiger partial charge in [0.15, 0.2) is 18.7 Å². The highest BCUT2D eigenvalue weighted by Crippen LogP contribution is 2.16. The number of Topliss-reactive ketones (excluding diaryl/α,β-unsaturated/α-hetero) is 1. The smallest absolute Gasteiger partial charge is 0.200 e. The van der Waals surface area contributed by atoms with E-state index in [1.54, 1.807) is 36.4 Å². The van der Waals surface area contributed by atoms with E-state index in [-0.39, 0.29) is 12.4 Å². The van der Waals surface area contributed by atoms with E-state index >= 15 is 0 Å². The molecule has 2 rings (SSSR count). The van der Waals surface area contributed by atoms with Crippen molar-refractivity contribution in [2.24, 2.45) is 0 Å². The van der Waals surface area contributed by atoms with Gasteiger partial charge in [-0.3, -0.25) is 9.59 Å². The Morgan fingerprint density at radius 3 is 2.47 bits per heavy atom. The van der Waals surface area contributed by atoms with Crippen LogP contribution in [-0.4, -0.2) is 18.7 Å². The molecule has 0 aromatic heterocycles. The second kappa shape index (κ2) is 5.96. The molecule has 0 atom stereocenters. The first-order chi connectivity index (χ1) is 9.20. The van der Waals surface area contributed by atoms with Gasteiger partial charge in [0.05, 0.1) is 5.56 Å². The quantitative estimate of drug-likeness (QED) is 0.608. The molecule has 0 bridgehead atoms. The van der Waals surface area contributed by atoms with Crippen LogP contribution in [0.3, 0.4) is 0 Å². The normalized spacial score (nSPS) is 9.95. The molecule has 0 spiro atoms. The lowest BCUT2D eigenvalue weighted by Crippen LogP contribution is -2.12. The third-order valence-electron chi connectivity index (χ3n) is 2.78. The summed E-state index contributed by atoms with van der Waals surface area (Å²) in [6.07, 6.45) is 0.714. The van der Waals surface area contributed by atoms with Crippen molar-refractivity contribution in [2.75, 3.05) is 6.61 Å². The zero-order chi connectivity index (χ0) is 13.7. The molecule has 3 heteroatoms. The number of carbonyl (C=O) groups excluding carboxylic acids is 2. The van der Waals surface area contributed by atoms with Crippen molar-refractivity contribution < 1.29 is 14.3 Å². The third kappa shape index (κ3) is 3.28. The molecular formula is C16H14O3. The molecule has 0 radical (unpaired) electrons. The molecule has 19 heavy (non-hydrogen) atoms. The summed E-state index contributed by atoms with van der Waals surface area (Å²) in [7, 11) is 0. The molecule has 0 saturated heterocycles. The van der Waals surface area contributed by atoms with Crippen LogP contribution in [0.4, 0.5) is 0 Å². The standard InChI is InChI=1S/C16H14O3/c1-12-6-8-13(9-7-12)15(18)11-19-16-5-3-2-4-14(16)10-17/h2-10H,11H2,1H3. The maximum atomic E-state index is 11.9. The van der Waals surface area contributed by atoms with Crippen LogP contribution in [0, 0.1) is 6.92 Å². The number of carbonyl (C=O) groups is 2. The number of benzene rings is 2. The number of aryl methyl sites for hydroxylation is 1. The van der Waals surface area contributed by atoms with Gasteiger partial charge in [0.2, 0.25) is 0 Å². The lowest BCUT2D eigenvalue weighted by Gasteiger charge is -2.07. The monoisotopic (exact) mass is 254 g/mol. The molecule has 0 saturated carbocycles. The predicted molar refractivity (Wildman–Crippen MR) is 72.8 cm³/mol. The summed E-state index contributed by atoms with van der Waals surface area (Å²) >= 11 is 0. The van der Waals surface area contributed by atoms with E-state index in [4.69, 9.17) is 4.74 Å². The second-order valence-electron chi connectivity index (χ2n) is 4.23. The van der Waals surface area contributed by atoms with Crippen molar-refractivity contribution in [1.82, 2.24) is 0 Å². The van der Waals surface area contributed by atoms with Crippen LogP contribution in [0.5, 0.6) is 5.75 Å². The van der Waals surface area contributed by atoms with Crippen molar-refractivity contribution in [3.8, 4) is 5.75 Å². The van der Waals surface area contributed by atoms with Crippen molar-refractivity contribution in [1.29, 1.82) is 0 Å². The lowest BCUT2D eigenvalue weighted by molar-refractivity contribution is 0.0918. The Hall–Kier alpha value is -2.42. The van der Waals surface area contributed by atoms with Crippen LogP contribution in [0.1, 0.15) is 26.3 Å². The summed E-state index contributed by atoms with van der Waals surface area (Å²) in [5, 5.41) is 0. The van der Waals surface area contributed by atoms with Crippen molar-refractivity contribution >= 4 is 12.1 Å². The van der Waals surface area contributed by atoms with Crippen LogP contribution >= 0.6 is 0 Å². The molecule has 0 fully saturated rings. The average molecular weight is 254 g/mol. The number of ketones is 1. The topological polar surface area (TPSA) is 43.4 Å². The van der Waals surface area contributed by atoms with Crippen LogP contribution in [0.15, 0.2) is 48.5 Å². The Labute approximate surface area is 111 Å². The molecule has 0 unspecified atom stereocenters. The predicted octanol–water partition coefficient (Wildman–Crippen LogP) is 3.07. The fraction of sp³-hybridized carbons (Fsp3) is 0.125. The van der Waals surface area contributed by atoms with Crippen LogP contribution in [0.25, 0.3) is 0 Å². The Morgan fingerprint density at radius 1 is 1.11 bits per heavy atom. The number of para-hydroxylation sites is 1. The molecule has 2 aromatic carbocycles. The third-order valence-corrected chi connectivity index (χ3v) is 2.78. The van der Waals surface area contributed by atoms with Gasteiger partial charge in [-0.1, -0.05) is 42.0 Å². The van der Waals surface area contributed by atoms with Crippen LogP contribution < -0.4 is 4.74 Å². The number of aldehydes is 1. The fourth-order valence-electron chi connectivity index (χ4n) is 1.68. The molecule has 0 amide bonds. The summed E-state index contributed by atoms with van der Waals surface area (Å²) in [4.78, 5) is 22.7. The Balaban J connectivity index is 2.04. The van der Waals surface area contributed by atoms with Gasteiger partial charge in [0, 0.05) is 5.56 Å². The first-order valence-electron chi connectivity index (χ1n) is 5.97. The summed E-state index contributed by atoms with van der Waals surface area (Å²) in [6.45, 7) is 1.89. The molecule has 0 aliphatic carbocycles. The van der Waals surface area contributed by atoms with E-state index in [2.05, 4.69) is 0 Å². The minimum atomic E-state index is -0.110. The number of hydrogen-bond donors (Lipinski definition) is 0. The Bertz CT molecular complexity index is 585. The molecule has 0 N–H and O–H groups in total. The zero-order valence-corrected chi connectivity index (χ0v) is 10.6. The number of rotatable bonds is 5. The first-order valence-corrected chi connectivity index (χ1v) is 5.97. The van der Waals surface area contributed by atoms with Crippen LogP contribution in [-0.2, 0) is 0 Å². The number of ether oxygens (including phenoxy) is 1. The lowest BCUT2D eigenvalue weighted by atomic mass is 10.1. The molecule has 96 valence electrons. The maximum absolute atomic E-state index is 11.9. The van der Waals surface area contributed by atoms with Crippen molar-refractivity contribution in [3.63, 3.8) is 0 Å². The van der Waals surface area contributed by atoms with Gasteiger partial charge in [-0.05, 0) is 19.1 Å². The van der Waals surface area contributed by atoms with Gasteiger partial charge in [0.1, 0.15) is 5.75 Å². The maximum Gasteiger partial charge on any atom is 0.200 e. The molecule has 3 nitrogen and oxygen atoms in total. The van der Waals surface area contributed by atoms with Gasteiger partial charge >= 0.3 is 0 Å². The highest BCUT2D eigenvalue weighted by atomic mass is 16.5. The van der Waals surface area contributed by atoms with Gasteiger partial charge in [-0.15, -0.1) is 0 Å². The summed E-state index contributed by atoms with van der Waals surface area (Å²) in [6, 6.07) is 14.1. The molecule has 0 aliphatic heterocycles. The van der Waals surface area contributed by atoms with Gasteiger partial charge in [-0.25, -0.2) is 0 Å². The number of hydrogen-bond acceptors (Lipinski definition) is 3. The van der Waals surface area contributed by atoms with Gasteiger partial charge < -0.3 is 4.74 Å². The van der Waals surface area contributed by atoms with Gasteiger partial charge in [-0.2, -0.15) is 0 Å². The summed E-state index contributed by atoms with van der Waals surface area (Å²) in [5.41, 5.74) is 2.15.